The Bertz CT molecular complexity index is 2470. The number of carbonyl (C=O) groups excluding carboxylic acids is 5. The number of cyclic esters (lactones) is 1. The molecule has 8 rings (SSSR count). The number of phenolic OH excluding ortho intramolecular Hbond substituents is 1. The highest BCUT2D eigenvalue weighted by Crippen LogP contribution is 2.42. The van der Waals surface area contributed by atoms with Gasteiger partial charge in [-0.05, 0) is 111 Å². The average Bonchev–Trinajstić information content (AvgIpc) is 3.95. The van der Waals surface area contributed by atoms with Crippen LogP contribution in [0, 0.1) is 11.3 Å². The molecule has 5 aliphatic rings. The fourth-order valence-electron chi connectivity index (χ4n) is 10.6. The Balaban J connectivity index is 1.20. The number of benzene rings is 2. The third-order valence-electron chi connectivity index (χ3n) is 14.3. The van der Waals surface area contributed by atoms with Crippen molar-refractivity contribution in [2.75, 3.05) is 47.4 Å². The summed E-state index contributed by atoms with van der Waals surface area (Å²) < 4.78 is 14.3. The molecule has 360 valence electrons. The average molecular weight is 921 g/mol. The van der Waals surface area contributed by atoms with Gasteiger partial charge in [0.25, 0.3) is 5.91 Å². The second-order valence-corrected chi connectivity index (χ2v) is 20.0. The third-order valence-corrected chi connectivity index (χ3v) is 14.3. The molecule has 3 fully saturated rings. The van der Waals surface area contributed by atoms with E-state index in [2.05, 4.69) is 53.5 Å². The van der Waals surface area contributed by atoms with Crippen LogP contribution in [0.1, 0.15) is 95.9 Å². The lowest BCUT2D eigenvalue weighted by molar-refractivity contribution is -0.155. The number of hydrogen-bond acceptors (Lipinski definition) is 11. The van der Waals surface area contributed by atoms with Crippen LogP contribution in [0.3, 0.4) is 0 Å². The van der Waals surface area contributed by atoms with Gasteiger partial charge in [-0.15, -0.1) is 0 Å². The van der Waals surface area contributed by atoms with E-state index in [1.165, 1.54) is 14.8 Å². The molecule has 3 aromatic rings. The number of rotatable bonds is 11. The summed E-state index contributed by atoms with van der Waals surface area (Å²) in [5, 5.41) is 19.9. The molecule has 67 heavy (non-hydrogen) atoms. The van der Waals surface area contributed by atoms with Crippen LogP contribution in [-0.2, 0) is 52.8 Å². The van der Waals surface area contributed by atoms with Crippen molar-refractivity contribution in [3.8, 4) is 16.9 Å². The molecule has 0 spiro atoms. The first-order valence-corrected chi connectivity index (χ1v) is 24.1. The number of phenols is 1. The minimum absolute atomic E-state index is 0.00394. The summed E-state index contributed by atoms with van der Waals surface area (Å²) in [6, 6.07) is 8.44. The SMILES string of the molecule is CCn1c(C2=C([C@H](C)OC)N=CCC2)c2c3cc(ccc31)-c1cc(O)cc(c1)C[C@H](NC(=O)[C@H](C1CCCC1)N(C)C(=O)CN(C)C(=O)[C@H]1CN1)C(=O)N1CCC[C@H](N1)C(=O)OCC(C)(C)C2. The molecular formula is C51H68N8O8. The van der Waals surface area contributed by atoms with Crippen LogP contribution >= 0.6 is 0 Å². The number of esters is 1. The van der Waals surface area contributed by atoms with Crippen molar-refractivity contribution < 1.29 is 38.6 Å². The summed E-state index contributed by atoms with van der Waals surface area (Å²) >= 11 is 0. The summed E-state index contributed by atoms with van der Waals surface area (Å²) in [4.78, 5) is 77.8. The smallest absolute Gasteiger partial charge is 0.324 e. The van der Waals surface area contributed by atoms with Gasteiger partial charge in [-0.2, -0.15) is 0 Å². The molecule has 4 N–H and O–H groups in total. The van der Waals surface area contributed by atoms with Crippen molar-refractivity contribution in [3.63, 3.8) is 0 Å². The van der Waals surface area contributed by atoms with E-state index in [9.17, 15) is 29.1 Å². The maximum Gasteiger partial charge on any atom is 0.324 e. The normalized spacial score (nSPS) is 23.1. The number of hydrazine groups is 1. The lowest BCUT2D eigenvalue weighted by Crippen LogP contribution is -2.62. The number of aryl methyl sites for hydroxylation is 1. The zero-order valence-corrected chi connectivity index (χ0v) is 40.2. The number of carbonyl (C=O) groups is 5. The van der Waals surface area contributed by atoms with Gasteiger partial charge in [0.1, 0.15) is 23.9 Å². The second-order valence-electron chi connectivity index (χ2n) is 20.0. The molecule has 1 aliphatic carbocycles. The Morgan fingerprint density at radius 2 is 1.82 bits per heavy atom. The van der Waals surface area contributed by atoms with Gasteiger partial charge in [0.05, 0.1) is 36.7 Å². The highest BCUT2D eigenvalue weighted by Gasteiger charge is 2.41. The third kappa shape index (κ3) is 10.3. The Labute approximate surface area is 393 Å². The quantitative estimate of drug-likeness (QED) is 0.154. The molecule has 4 aliphatic heterocycles. The number of allylic oxidation sites excluding steroid dienone is 1. The molecule has 0 unspecified atom stereocenters. The lowest BCUT2D eigenvalue weighted by atomic mass is 9.83. The molecule has 2 saturated heterocycles. The lowest BCUT2D eigenvalue weighted by Gasteiger charge is -2.37. The van der Waals surface area contributed by atoms with Gasteiger partial charge in [0.15, 0.2) is 0 Å². The van der Waals surface area contributed by atoms with Crippen LogP contribution in [0.25, 0.3) is 27.6 Å². The number of hydrogen-bond donors (Lipinski definition) is 4. The highest BCUT2D eigenvalue weighted by atomic mass is 16.5. The van der Waals surface area contributed by atoms with E-state index < -0.39 is 41.3 Å². The largest absolute Gasteiger partial charge is 0.508 e. The van der Waals surface area contributed by atoms with E-state index in [1.54, 1.807) is 33.3 Å². The molecule has 4 amide bonds. The minimum atomic E-state index is -1.15. The summed E-state index contributed by atoms with van der Waals surface area (Å²) in [5.74, 6) is -2.11. The summed E-state index contributed by atoms with van der Waals surface area (Å²) in [7, 11) is 4.87. The first-order valence-electron chi connectivity index (χ1n) is 24.1. The Morgan fingerprint density at radius 3 is 2.54 bits per heavy atom. The molecule has 2 aromatic carbocycles. The monoisotopic (exact) mass is 921 g/mol. The van der Waals surface area contributed by atoms with Crippen LogP contribution in [0.5, 0.6) is 5.75 Å². The molecule has 16 nitrogen and oxygen atoms in total. The first-order chi connectivity index (χ1) is 32.1. The number of aliphatic imine (C=N–C) groups is 1. The maximum absolute atomic E-state index is 14.8. The number of methoxy groups -OCH3 is 1. The molecule has 5 heterocycles. The number of nitrogens with one attached hydrogen (secondary N) is 3. The Morgan fingerprint density at radius 1 is 1.06 bits per heavy atom. The molecule has 6 bridgehead atoms. The number of fused-ring (bicyclic) bond motifs is 6. The van der Waals surface area contributed by atoms with E-state index in [4.69, 9.17) is 14.5 Å². The highest BCUT2D eigenvalue weighted by molar-refractivity contribution is 5.96. The van der Waals surface area contributed by atoms with Crippen LogP contribution in [0.15, 0.2) is 47.1 Å². The van der Waals surface area contributed by atoms with Crippen molar-refractivity contribution in [1.29, 1.82) is 0 Å². The number of ether oxygens (including phenoxy) is 2. The molecule has 16 heteroatoms. The predicted molar refractivity (Wildman–Crippen MR) is 256 cm³/mol. The van der Waals surface area contributed by atoms with Crippen molar-refractivity contribution >= 4 is 52.3 Å². The van der Waals surface area contributed by atoms with Gasteiger partial charge < -0.3 is 39.6 Å². The van der Waals surface area contributed by atoms with Crippen molar-refractivity contribution in [2.45, 2.75) is 129 Å². The zero-order valence-electron chi connectivity index (χ0n) is 40.2. The molecule has 5 atom stereocenters. The molecule has 1 aromatic heterocycles. The van der Waals surface area contributed by atoms with Gasteiger partial charge in [0, 0.05) is 75.4 Å². The molecule has 0 radical (unpaired) electrons. The van der Waals surface area contributed by atoms with Crippen LogP contribution < -0.4 is 16.1 Å². The van der Waals surface area contributed by atoms with Gasteiger partial charge in [-0.1, -0.05) is 38.8 Å². The fourth-order valence-corrected chi connectivity index (χ4v) is 10.6. The summed E-state index contributed by atoms with van der Waals surface area (Å²) in [6.07, 6.45) is 8.13. The van der Waals surface area contributed by atoms with Crippen molar-refractivity contribution in [1.82, 2.24) is 35.4 Å². The first kappa shape index (κ1) is 47.9. The van der Waals surface area contributed by atoms with Gasteiger partial charge in [-0.3, -0.25) is 34.0 Å². The molecular weight excluding hydrogens is 853 g/mol. The number of likely N-dealkylation sites (N-methyl/N-ethyl adjacent to an activating group) is 2. The molecule has 1 saturated carbocycles. The maximum atomic E-state index is 14.8. The van der Waals surface area contributed by atoms with E-state index in [1.807, 2.05) is 25.3 Å². The van der Waals surface area contributed by atoms with Gasteiger partial charge >= 0.3 is 5.97 Å². The summed E-state index contributed by atoms with van der Waals surface area (Å²) in [5.41, 5.74) is 10.1. The van der Waals surface area contributed by atoms with Crippen molar-refractivity contribution in [2.24, 2.45) is 16.3 Å². The number of aromatic hydroxyl groups is 1. The van der Waals surface area contributed by atoms with Crippen molar-refractivity contribution in [3.05, 3.63) is 58.9 Å². The van der Waals surface area contributed by atoms with E-state index in [-0.39, 0.29) is 61.7 Å². The van der Waals surface area contributed by atoms with E-state index in [0.717, 1.165) is 83.1 Å². The number of amides is 4. The van der Waals surface area contributed by atoms with Crippen LogP contribution in [0.4, 0.5) is 0 Å². The predicted octanol–water partition coefficient (Wildman–Crippen LogP) is 4.74. The zero-order chi connectivity index (χ0) is 47.7. The van der Waals surface area contributed by atoms with E-state index >= 15 is 0 Å². The fraction of sp³-hybridized carbons (Fsp3) is 0.569. The van der Waals surface area contributed by atoms with E-state index in [0.29, 0.717) is 37.9 Å². The minimum Gasteiger partial charge on any atom is -0.508 e. The van der Waals surface area contributed by atoms with Crippen LogP contribution in [-0.4, -0.2) is 138 Å². The van der Waals surface area contributed by atoms with Gasteiger partial charge in [0.2, 0.25) is 17.7 Å². The topological polar surface area (TPSA) is 197 Å². The summed E-state index contributed by atoms with van der Waals surface area (Å²) in [6.45, 7) is 9.84. The van der Waals surface area contributed by atoms with Gasteiger partial charge in [-0.25, -0.2) is 5.43 Å². The second kappa shape index (κ2) is 19.9. The number of nitrogens with zero attached hydrogens (tertiary/aromatic N) is 5. The number of aromatic nitrogens is 1. The Kier molecular flexibility index (Phi) is 14.3. The standard InChI is InChI=1S/C51H68N8O8/c1-8-58-42-18-17-33-25-37(42)38(46(58)36-15-11-19-52-44(36)30(2)66-7)26-51(3,4)29-67-50(65)39-16-12-20-59(55-39)49(64)40(23-31-21-34(33)24-35(60)22-31)54-47(62)45(32-13-9-10-14-32)57(6)43(61)28-56(5)48(63)41-27-53-41/h17-19,21-22,24-25,30,32,39-41,45,53,55,60H,8-16,20,23,26-29H2,1-7H3,(H,54,62)/t30-,39-,40-,41+,45-/m0/s1. The van der Waals surface area contributed by atoms with Crippen LogP contribution in [0.2, 0.25) is 0 Å². The Hall–Kier alpha value is -5.58.